The van der Waals surface area contributed by atoms with E-state index in [1.165, 1.54) is 47.0 Å². The Labute approximate surface area is 124 Å². The smallest absolute Gasteiger partial charge is 0.0894 e. The minimum Gasteiger partial charge on any atom is -0.379 e. The number of aromatic nitrogens is 2. The Morgan fingerprint density at radius 1 is 1.10 bits per heavy atom. The van der Waals surface area contributed by atoms with Crippen LogP contribution in [0.25, 0.3) is 10.9 Å². The molecule has 0 radical (unpaired) electrons. The number of anilines is 1. The molecule has 1 N–H and O–H groups in total. The van der Waals surface area contributed by atoms with Gasteiger partial charge >= 0.3 is 0 Å². The number of para-hydroxylation sites is 1. The normalized spacial score (nSPS) is 13.6. The molecule has 106 valence electrons. The van der Waals surface area contributed by atoms with E-state index in [1.54, 1.807) is 0 Å². The fourth-order valence-corrected chi connectivity index (χ4v) is 3.29. The number of hydrogen-bond donors (Lipinski definition) is 1. The lowest BCUT2D eigenvalue weighted by molar-refractivity contribution is 0.771. The quantitative estimate of drug-likeness (QED) is 0.791. The van der Waals surface area contributed by atoms with E-state index in [0.717, 1.165) is 12.2 Å². The van der Waals surface area contributed by atoms with Gasteiger partial charge in [-0.25, -0.2) is 0 Å². The fraction of sp³-hybridized carbons (Fsp3) is 0.278. The maximum atomic E-state index is 4.63. The summed E-state index contributed by atoms with van der Waals surface area (Å²) >= 11 is 0. The van der Waals surface area contributed by atoms with Crippen LogP contribution in [0.15, 0.2) is 42.5 Å². The number of benzene rings is 2. The molecule has 3 heteroatoms. The van der Waals surface area contributed by atoms with Crippen LogP contribution in [0.1, 0.15) is 23.2 Å². The van der Waals surface area contributed by atoms with Crippen LogP contribution in [-0.2, 0) is 26.4 Å². The second kappa shape index (κ2) is 4.92. The van der Waals surface area contributed by atoms with Crippen LogP contribution in [0.5, 0.6) is 0 Å². The Balaban J connectivity index is 1.58. The second-order valence-corrected chi connectivity index (χ2v) is 5.78. The number of hydrogen-bond acceptors (Lipinski definition) is 2. The molecule has 3 aromatic rings. The van der Waals surface area contributed by atoms with Gasteiger partial charge in [0.05, 0.1) is 17.8 Å². The first-order valence-corrected chi connectivity index (χ1v) is 7.57. The molecule has 1 aromatic heterocycles. The van der Waals surface area contributed by atoms with Crippen LogP contribution in [0.2, 0.25) is 0 Å². The van der Waals surface area contributed by atoms with Crippen molar-refractivity contribution in [3.05, 3.63) is 59.3 Å². The van der Waals surface area contributed by atoms with Gasteiger partial charge in [0.25, 0.3) is 0 Å². The zero-order chi connectivity index (χ0) is 14.2. The van der Waals surface area contributed by atoms with Crippen molar-refractivity contribution in [2.45, 2.75) is 25.8 Å². The summed E-state index contributed by atoms with van der Waals surface area (Å²) in [7, 11) is 2.00. The molecule has 4 rings (SSSR count). The Hall–Kier alpha value is -2.29. The van der Waals surface area contributed by atoms with Crippen LogP contribution in [-0.4, -0.2) is 9.78 Å². The summed E-state index contributed by atoms with van der Waals surface area (Å²) in [6.07, 6.45) is 3.75. The molecular formula is C18H19N3. The Morgan fingerprint density at radius 3 is 2.90 bits per heavy atom. The monoisotopic (exact) mass is 277 g/mol. The van der Waals surface area contributed by atoms with Crippen molar-refractivity contribution in [2.24, 2.45) is 7.05 Å². The standard InChI is InChI=1S/C18H19N3/c1-21-18-8-3-2-7-16(18)17(20-21)12-19-15-10-9-13-5-4-6-14(13)11-15/h2-3,7-11,19H,4-6,12H2,1H3. The highest BCUT2D eigenvalue weighted by Gasteiger charge is 2.11. The van der Waals surface area contributed by atoms with Gasteiger partial charge in [-0.05, 0) is 48.6 Å². The van der Waals surface area contributed by atoms with E-state index in [4.69, 9.17) is 0 Å². The van der Waals surface area contributed by atoms with E-state index in [9.17, 15) is 0 Å². The highest BCUT2D eigenvalue weighted by Crippen LogP contribution is 2.25. The zero-order valence-corrected chi connectivity index (χ0v) is 12.3. The fourth-order valence-electron chi connectivity index (χ4n) is 3.29. The summed E-state index contributed by atoms with van der Waals surface area (Å²) in [4.78, 5) is 0. The topological polar surface area (TPSA) is 29.9 Å². The van der Waals surface area contributed by atoms with Crippen LogP contribution >= 0.6 is 0 Å². The molecule has 0 fully saturated rings. The summed E-state index contributed by atoms with van der Waals surface area (Å²) in [5, 5.41) is 9.38. The van der Waals surface area contributed by atoms with E-state index in [2.05, 4.69) is 52.9 Å². The molecule has 1 heterocycles. The summed E-state index contributed by atoms with van der Waals surface area (Å²) < 4.78 is 1.95. The molecule has 21 heavy (non-hydrogen) atoms. The minimum atomic E-state index is 0.764. The average Bonchev–Trinajstić information content (AvgIpc) is 3.10. The van der Waals surface area contributed by atoms with Gasteiger partial charge in [-0.2, -0.15) is 5.10 Å². The highest BCUT2D eigenvalue weighted by atomic mass is 15.3. The third kappa shape index (κ3) is 2.19. The number of aryl methyl sites for hydroxylation is 3. The Kier molecular flexibility index (Phi) is 2.92. The molecule has 3 nitrogen and oxygen atoms in total. The van der Waals surface area contributed by atoms with Crippen LogP contribution < -0.4 is 5.32 Å². The lowest BCUT2D eigenvalue weighted by Crippen LogP contribution is -2.02. The predicted molar refractivity (Wildman–Crippen MR) is 86.5 cm³/mol. The van der Waals surface area contributed by atoms with E-state index in [-0.39, 0.29) is 0 Å². The molecule has 0 saturated heterocycles. The highest BCUT2D eigenvalue weighted by molar-refractivity contribution is 5.82. The molecule has 1 aliphatic rings. The number of rotatable bonds is 3. The van der Waals surface area contributed by atoms with E-state index >= 15 is 0 Å². The maximum absolute atomic E-state index is 4.63. The first-order valence-electron chi connectivity index (χ1n) is 7.57. The maximum Gasteiger partial charge on any atom is 0.0894 e. The molecular weight excluding hydrogens is 258 g/mol. The summed E-state index contributed by atoms with van der Waals surface area (Å²) in [5.41, 5.74) is 6.51. The van der Waals surface area contributed by atoms with Crippen molar-refractivity contribution in [1.29, 1.82) is 0 Å². The first-order chi connectivity index (χ1) is 10.3. The van der Waals surface area contributed by atoms with Gasteiger partial charge in [0.2, 0.25) is 0 Å². The third-order valence-corrected chi connectivity index (χ3v) is 4.39. The van der Waals surface area contributed by atoms with Crippen molar-refractivity contribution in [3.8, 4) is 0 Å². The lowest BCUT2D eigenvalue weighted by Gasteiger charge is -2.07. The van der Waals surface area contributed by atoms with Crippen molar-refractivity contribution in [3.63, 3.8) is 0 Å². The molecule has 1 aliphatic carbocycles. The van der Waals surface area contributed by atoms with Gasteiger partial charge in [-0.3, -0.25) is 4.68 Å². The number of fused-ring (bicyclic) bond motifs is 2. The van der Waals surface area contributed by atoms with Gasteiger partial charge in [0.1, 0.15) is 0 Å². The second-order valence-electron chi connectivity index (χ2n) is 5.78. The van der Waals surface area contributed by atoms with Gasteiger partial charge in [0.15, 0.2) is 0 Å². The summed E-state index contributed by atoms with van der Waals surface area (Å²) in [6.45, 7) is 0.764. The van der Waals surface area contributed by atoms with Crippen LogP contribution in [0.3, 0.4) is 0 Å². The van der Waals surface area contributed by atoms with Crippen molar-refractivity contribution >= 4 is 16.6 Å². The van der Waals surface area contributed by atoms with Gasteiger partial charge < -0.3 is 5.32 Å². The Morgan fingerprint density at radius 2 is 1.95 bits per heavy atom. The lowest BCUT2D eigenvalue weighted by atomic mass is 10.1. The molecule has 0 unspecified atom stereocenters. The summed E-state index contributed by atoms with van der Waals surface area (Å²) in [6, 6.07) is 15.1. The van der Waals surface area contributed by atoms with Crippen LogP contribution in [0, 0.1) is 0 Å². The molecule has 0 saturated carbocycles. The molecule has 2 aromatic carbocycles. The largest absolute Gasteiger partial charge is 0.379 e. The van der Waals surface area contributed by atoms with Crippen LogP contribution in [0.4, 0.5) is 5.69 Å². The van der Waals surface area contributed by atoms with Gasteiger partial charge in [-0.1, -0.05) is 24.3 Å². The number of nitrogens with one attached hydrogen (secondary N) is 1. The predicted octanol–water partition coefficient (Wildman–Crippen LogP) is 3.67. The number of nitrogens with zero attached hydrogens (tertiary/aromatic N) is 2. The molecule has 0 spiro atoms. The third-order valence-electron chi connectivity index (χ3n) is 4.39. The van der Waals surface area contributed by atoms with Gasteiger partial charge in [-0.15, -0.1) is 0 Å². The first kappa shape index (κ1) is 12.5. The van der Waals surface area contributed by atoms with Crippen molar-refractivity contribution < 1.29 is 0 Å². The molecule has 0 bridgehead atoms. The van der Waals surface area contributed by atoms with Gasteiger partial charge in [0, 0.05) is 18.1 Å². The average molecular weight is 277 g/mol. The Bertz CT molecular complexity index is 801. The van der Waals surface area contributed by atoms with Crippen molar-refractivity contribution in [1.82, 2.24) is 9.78 Å². The van der Waals surface area contributed by atoms with E-state index < -0.39 is 0 Å². The zero-order valence-electron chi connectivity index (χ0n) is 12.3. The molecule has 0 amide bonds. The molecule has 0 atom stereocenters. The summed E-state index contributed by atoms with van der Waals surface area (Å²) in [5.74, 6) is 0. The SMILES string of the molecule is Cn1nc(CNc2ccc3c(c2)CCC3)c2ccccc21. The minimum absolute atomic E-state index is 0.764. The van der Waals surface area contributed by atoms with E-state index in [0.29, 0.717) is 0 Å². The van der Waals surface area contributed by atoms with Crippen molar-refractivity contribution in [2.75, 3.05) is 5.32 Å². The molecule has 0 aliphatic heterocycles. The van der Waals surface area contributed by atoms with E-state index in [1.807, 2.05) is 11.7 Å².